The van der Waals surface area contributed by atoms with Crippen molar-refractivity contribution in [2.24, 2.45) is 5.41 Å². The molecule has 2 nitrogen and oxygen atoms in total. The lowest BCUT2D eigenvalue weighted by atomic mass is 9.75. The molecule has 0 saturated carbocycles. The molecule has 0 spiro atoms. The summed E-state index contributed by atoms with van der Waals surface area (Å²) in [6.07, 6.45) is 2.29. The van der Waals surface area contributed by atoms with Gasteiger partial charge in [0.25, 0.3) is 0 Å². The van der Waals surface area contributed by atoms with E-state index in [1.807, 2.05) is 0 Å². The van der Waals surface area contributed by atoms with Crippen molar-refractivity contribution in [2.45, 2.75) is 26.7 Å². The third-order valence-electron chi connectivity index (χ3n) is 2.80. The second kappa shape index (κ2) is 3.02. The molecule has 0 aromatic carbocycles. The summed E-state index contributed by atoms with van der Waals surface area (Å²) < 4.78 is 0. The topological polar surface area (TPSA) is 20.3 Å². The minimum atomic E-state index is -0.303. The van der Waals surface area contributed by atoms with E-state index in [9.17, 15) is 4.79 Å². The van der Waals surface area contributed by atoms with Crippen molar-refractivity contribution in [3.8, 4) is 0 Å². The number of hydrogen-bond donors (Lipinski definition) is 0. The van der Waals surface area contributed by atoms with Gasteiger partial charge in [-0.15, -0.1) is 0 Å². The van der Waals surface area contributed by atoms with Crippen LogP contribution in [0.5, 0.6) is 0 Å². The molecule has 64 valence electrons. The third kappa shape index (κ3) is 1.51. The summed E-state index contributed by atoms with van der Waals surface area (Å²) in [5, 5.41) is -0.303. The zero-order valence-electron chi connectivity index (χ0n) is 7.06. The Hall–Kier alpha value is -0.240. The van der Waals surface area contributed by atoms with E-state index in [4.69, 9.17) is 11.6 Å². The number of rotatable bonds is 2. The standard InChI is InChI=1S/C8H14ClNO/c1-3-8(4-2)5-10(6-8)7(9)11/h3-6H2,1-2H3. The van der Waals surface area contributed by atoms with Gasteiger partial charge in [0, 0.05) is 18.5 Å². The molecule has 11 heavy (non-hydrogen) atoms. The van der Waals surface area contributed by atoms with Crippen molar-refractivity contribution >= 4 is 17.0 Å². The lowest BCUT2D eigenvalue weighted by Gasteiger charge is -2.48. The average molecular weight is 176 g/mol. The van der Waals surface area contributed by atoms with E-state index >= 15 is 0 Å². The minimum Gasteiger partial charge on any atom is -0.328 e. The SMILES string of the molecule is CCC1(CC)CN(C(=O)Cl)C1. The molecule has 0 radical (unpaired) electrons. The summed E-state index contributed by atoms with van der Waals surface area (Å²) in [4.78, 5) is 12.3. The lowest BCUT2D eigenvalue weighted by molar-refractivity contribution is 0.0343. The summed E-state index contributed by atoms with van der Waals surface area (Å²) in [6.45, 7) is 6.03. The zero-order chi connectivity index (χ0) is 8.48. The second-order valence-electron chi connectivity index (χ2n) is 3.32. The predicted molar refractivity (Wildman–Crippen MR) is 45.8 cm³/mol. The lowest BCUT2D eigenvalue weighted by Crippen LogP contribution is -2.56. The highest BCUT2D eigenvalue weighted by atomic mass is 35.5. The number of carbonyl (C=O) groups excluding carboxylic acids is 1. The highest BCUT2D eigenvalue weighted by Crippen LogP contribution is 2.37. The number of amides is 1. The maximum atomic E-state index is 10.6. The number of halogens is 1. The summed E-state index contributed by atoms with van der Waals surface area (Å²) in [6, 6.07) is 0. The Morgan fingerprint density at radius 2 is 1.91 bits per heavy atom. The zero-order valence-corrected chi connectivity index (χ0v) is 7.82. The molecule has 0 atom stereocenters. The number of carbonyl (C=O) groups is 1. The molecule has 1 saturated heterocycles. The van der Waals surface area contributed by atoms with Crippen LogP contribution < -0.4 is 0 Å². The first-order valence-electron chi connectivity index (χ1n) is 4.08. The van der Waals surface area contributed by atoms with E-state index in [0.717, 1.165) is 25.9 Å². The quantitative estimate of drug-likeness (QED) is 0.467. The molecule has 3 heteroatoms. The van der Waals surface area contributed by atoms with Gasteiger partial charge in [-0.25, -0.2) is 0 Å². The fourth-order valence-corrected chi connectivity index (χ4v) is 1.70. The van der Waals surface area contributed by atoms with Crippen LogP contribution in [-0.4, -0.2) is 23.4 Å². The van der Waals surface area contributed by atoms with Crippen molar-refractivity contribution in [3.63, 3.8) is 0 Å². The molecule has 0 bridgehead atoms. The van der Waals surface area contributed by atoms with Crippen molar-refractivity contribution in [2.75, 3.05) is 13.1 Å². The normalized spacial score (nSPS) is 21.2. The van der Waals surface area contributed by atoms with E-state index in [-0.39, 0.29) is 5.37 Å². The Bertz CT molecular complexity index is 157. The van der Waals surface area contributed by atoms with Gasteiger partial charge >= 0.3 is 5.37 Å². The molecule has 0 aliphatic carbocycles. The van der Waals surface area contributed by atoms with E-state index in [1.165, 1.54) is 0 Å². The van der Waals surface area contributed by atoms with Gasteiger partial charge in [-0.05, 0) is 24.4 Å². The van der Waals surface area contributed by atoms with Crippen LogP contribution in [0.15, 0.2) is 0 Å². The molecule has 1 aliphatic heterocycles. The van der Waals surface area contributed by atoms with Crippen LogP contribution in [-0.2, 0) is 0 Å². The summed E-state index contributed by atoms with van der Waals surface area (Å²) >= 11 is 5.31. The van der Waals surface area contributed by atoms with E-state index in [1.54, 1.807) is 4.90 Å². The second-order valence-corrected chi connectivity index (χ2v) is 3.64. The number of likely N-dealkylation sites (tertiary alicyclic amines) is 1. The van der Waals surface area contributed by atoms with Gasteiger partial charge in [0.2, 0.25) is 0 Å². The van der Waals surface area contributed by atoms with Gasteiger partial charge in [0.05, 0.1) is 0 Å². The first kappa shape index (κ1) is 8.85. The predicted octanol–water partition coefficient (Wildman–Crippen LogP) is 2.47. The van der Waals surface area contributed by atoms with Crippen LogP contribution in [0.3, 0.4) is 0 Å². The van der Waals surface area contributed by atoms with Gasteiger partial charge in [-0.2, -0.15) is 0 Å². The number of hydrogen-bond acceptors (Lipinski definition) is 1. The van der Waals surface area contributed by atoms with E-state index in [2.05, 4.69) is 13.8 Å². The molecule has 0 aromatic heterocycles. The molecule has 1 fully saturated rings. The minimum absolute atomic E-state index is 0.303. The molecule has 0 aromatic rings. The average Bonchev–Trinajstić information content (AvgIpc) is 1.87. The molecular formula is C8H14ClNO. The Morgan fingerprint density at radius 3 is 2.18 bits per heavy atom. The van der Waals surface area contributed by atoms with Crippen LogP contribution >= 0.6 is 11.6 Å². The van der Waals surface area contributed by atoms with E-state index < -0.39 is 0 Å². The number of nitrogens with zero attached hydrogens (tertiary/aromatic N) is 1. The molecule has 1 rings (SSSR count). The molecule has 1 heterocycles. The van der Waals surface area contributed by atoms with Crippen LogP contribution in [0.1, 0.15) is 26.7 Å². The van der Waals surface area contributed by atoms with E-state index in [0.29, 0.717) is 5.41 Å². The fraction of sp³-hybridized carbons (Fsp3) is 0.875. The Kier molecular flexibility index (Phi) is 2.43. The first-order valence-corrected chi connectivity index (χ1v) is 4.46. The van der Waals surface area contributed by atoms with Crippen LogP contribution in [0.2, 0.25) is 0 Å². The van der Waals surface area contributed by atoms with Crippen LogP contribution in [0.25, 0.3) is 0 Å². The Balaban J connectivity index is 2.41. The highest BCUT2D eigenvalue weighted by Gasteiger charge is 2.41. The Morgan fingerprint density at radius 1 is 1.45 bits per heavy atom. The molecular weight excluding hydrogens is 162 g/mol. The molecule has 1 aliphatic rings. The van der Waals surface area contributed by atoms with Crippen molar-refractivity contribution in [1.29, 1.82) is 0 Å². The molecule has 0 N–H and O–H groups in total. The van der Waals surface area contributed by atoms with Gasteiger partial charge in [0.1, 0.15) is 0 Å². The molecule has 1 amide bonds. The Labute approximate surface area is 72.5 Å². The smallest absolute Gasteiger partial charge is 0.316 e. The monoisotopic (exact) mass is 175 g/mol. The highest BCUT2D eigenvalue weighted by molar-refractivity contribution is 6.62. The molecule has 0 unspecified atom stereocenters. The van der Waals surface area contributed by atoms with Crippen molar-refractivity contribution in [3.05, 3.63) is 0 Å². The maximum Gasteiger partial charge on any atom is 0.316 e. The summed E-state index contributed by atoms with van der Waals surface area (Å²) in [5.41, 5.74) is 0.380. The summed E-state index contributed by atoms with van der Waals surface area (Å²) in [7, 11) is 0. The largest absolute Gasteiger partial charge is 0.328 e. The maximum absolute atomic E-state index is 10.6. The fourth-order valence-electron chi connectivity index (χ4n) is 1.58. The van der Waals surface area contributed by atoms with Crippen molar-refractivity contribution < 1.29 is 4.79 Å². The van der Waals surface area contributed by atoms with Crippen molar-refractivity contribution in [1.82, 2.24) is 4.90 Å². The van der Waals surface area contributed by atoms with Gasteiger partial charge in [0.15, 0.2) is 0 Å². The van der Waals surface area contributed by atoms with Crippen LogP contribution in [0, 0.1) is 5.41 Å². The third-order valence-corrected chi connectivity index (χ3v) is 3.04. The summed E-state index contributed by atoms with van der Waals surface area (Å²) in [5.74, 6) is 0. The van der Waals surface area contributed by atoms with Gasteiger partial charge in [-0.3, -0.25) is 4.79 Å². The van der Waals surface area contributed by atoms with Crippen LogP contribution in [0.4, 0.5) is 4.79 Å². The van der Waals surface area contributed by atoms with Gasteiger partial charge < -0.3 is 4.90 Å². The van der Waals surface area contributed by atoms with Gasteiger partial charge in [-0.1, -0.05) is 13.8 Å². The first-order chi connectivity index (χ1) is 5.13.